The van der Waals surface area contributed by atoms with Gasteiger partial charge in [0, 0.05) is 38.9 Å². The largest absolute Gasteiger partial charge is 0.363 e. The second kappa shape index (κ2) is 6.22. The van der Waals surface area contributed by atoms with Crippen molar-refractivity contribution in [3.05, 3.63) is 23.9 Å². The Morgan fingerprint density at radius 3 is 2.75 bits per heavy atom. The summed E-state index contributed by atoms with van der Waals surface area (Å²) in [4.78, 5) is 20.8. The van der Waals surface area contributed by atoms with Gasteiger partial charge in [-0.25, -0.2) is 4.98 Å². The van der Waals surface area contributed by atoms with Crippen LogP contribution in [0.3, 0.4) is 0 Å². The van der Waals surface area contributed by atoms with Crippen LogP contribution in [0.5, 0.6) is 0 Å². The predicted molar refractivity (Wildman–Crippen MR) is 80.9 cm³/mol. The first kappa shape index (κ1) is 14.8. The molecule has 110 valence electrons. The maximum absolute atomic E-state index is 12.6. The fourth-order valence-corrected chi connectivity index (χ4v) is 2.70. The fourth-order valence-electron chi connectivity index (χ4n) is 2.70. The molecule has 0 saturated carbocycles. The number of likely N-dealkylation sites (tertiary alicyclic amines) is 1. The van der Waals surface area contributed by atoms with Crippen molar-refractivity contribution in [2.24, 2.45) is 5.73 Å². The Balaban J connectivity index is 2.16. The maximum atomic E-state index is 12.6. The Bertz CT molecular complexity index is 455. The molecule has 1 aromatic heterocycles. The zero-order valence-corrected chi connectivity index (χ0v) is 12.5. The van der Waals surface area contributed by atoms with Crippen molar-refractivity contribution < 1.29 is 4.79 Å². The molecular formula is C15H24N4O. The van der Waals surface area contributed by atoms with Crippen LogP contribution in [0.4, 0.5) is 5.82 Å². The van der Waals surface area contributed by atoms with E-state index in [0.717, 1.165) is 31.6 Å². The molecule has 0 bridgehead atoms. The summed E-state index contributed by atoms with van der Waals surface area (Å²) in [5, 5.41) is 0. The molecule has 1 aliphatic rings. The lowest BCUT2D eigenvalue weighted by Gasteiger charge is -2.38. The SMILES string of the molecule is C[C@@H](N)[C@@H]1CCCCN1C(=O)c1ccc(N(C)C)nc1. The molecule has 1 amide bonds. The van der Waals surface area contributed by atoms with Gasteiger partial charge in [-0.05, 0) is 38.3 Å². The third kappa shape index (κ3) is 3.10. The molecular weight excluding hydrogens is 252 g/mol. The first-order valence-electron chi connectivity index (χ1n) is 7.20. The Kier molecular flexibility index (Phi) is 4.60. The summed E-state index contributed by atoms with van der Waals surface area (Å²) in [7, 11) is 3.86. The summed E-state index contributed by atoms with van der Waals surface area (Å²) in [6, 6.07) is 3.87. The standard InChI is InChI=1S/C15H24N4O/c1-11(16)13-6-4-5-9-19(13)15(20)12-7-8-14(17-10-12)18(2)3/h7-8,10-11,13H,4-6,9,16H2,1-3H3/t11-,13+/m1/s1. The molecule has 1 saturated heterocycles. The molecule has 0 radical (unpaired) electrons. The van der Waals surface area contributed by atoms with Crippen LogP contribution < -0.4 is 10.6 Å². The van der Waals surface area contributed by atoms with Gasteiger partial charge in [-0.2, -0.15) is 0 Å². The van der Waals surface area contributed by atoms with Gasteiger partial charge in [0.15, 0.2) is 0 Å². The highest BCUT2D eigenvalue weighted by molar-refractivity contribution is 5.94. The van der Waals surface area contributed by atoms with Gasteiger partial charge in [0.1, 0.15) is 5.82 Å². The number of nitrogens with two attached hydrogens (primary N) is 1. The van der Waals surface area contributed by atoms with Crippen LogP contribution in [-0.2, 0) is 0 Å². The molecule has 0 aliphatic carbocycles. The van der Waals surface area contributed by atoms with E-state index in [1.807, 2.05) is 43.0 Å². The van der Waals surface area contributed by atoms with Crippen molar-refractivity contribution in [3.63, 3.8) is 0 Å². The molecule has 0 unspecified atom stereocenters. The molecule has 2 atom stereocenters. The van der Waals surface area contributed by atoms with E-state index in [9.17, 15) is 4.79 Å². The lowest BCUT2D eigenvalue weighted by molar-refractivity contribution is 0.0583. The van der Waals surface area contributed by atoms with E-state index >= 15 is 0 Å². The topological polar surface area (TPSA) is 62.5 Å². The first-order chi connectivity index (χ1) is 9.50. The van der Waals surface area contributed by atoms with Gasteiger partial charge in [0.2, 0.25) is 0 Å². The van der Waals surface area contributed by atoms with Crippen LogP contribution in [0.2, 0.25) is 0 Å². The highest BCUT2D eigenvalue weighted by Gasteiger charge is 2.29. The van der Waals surface area contributed by atoms with Gasteiger partial charge in [-0.15, -0.1) is 0 Å². The summed E-state index contributed by atoms with van der Waals surface area (Å²) in [6.07, 6.45) is 4.85. The van der Waals surface area contributed by atoms with Gasteiger partial charge in [0.05, 0.1) is 5.56 Å². The maximum Gasteiger partial charge on any atom is 0.255 e. The second-order valence-corrected chi connectivity index (χ2v) is 5.72. The number of hydrogen-bond donors (Lipinski definition) is 1. The molecule has 2 rings (SSSR count). The molecule has 5 heteroatoms. The minimum atomic E-state index is 0.00765. The van der Waals surface area contributed by atoms with Crippen molar-refractivity contribution in [1.29, 1.82) is 0 Å². The van der Waals surface area contributed by atoms with Crippen LogP contribution in [0.25, 0.3) is 0 Å². The fraction of sp³-hybridized carbons (Fsp3) is 0.600. The number of carbonyl (C=O) groups is 1. The summed E-state index contributed by atoms with van der Waals surface area (Å²) < 4.78 is 0. The molecule has 0 spiro atoms. The zero-order valence-electron chi connectivity index (χ0n) is 12.5. The summed E-state index contributed by atoms with van der Waals surface area (Å²) in [6.45, 7) is 2.77. The number of hydrogen-bond acceptors (Lipinski definition) is 4. The molecule has 1 fully saturated rings. The van der Waals surface area contributed by atoms with Crippen molar-refractivity contribution in [3.8, 4) is 0 Å². The van der Waals surface area contributed by atoms with E-state index in [1.54, 1.807) is 6.20 Å². The quantitative estimate of drug-likeness (QED) is 0.908. The molecule has 20 heavy (non-hydrogen) atoms. The predicted octanol–water partition coefficient (Wildman–Crippen LogP) is 1.49. The Labute approximate surface area is 120 Å². The van der Waals surface area contributed by atoms with Crippen LogP contribution in [0.1, 0.15) is 36.5 Å². The number of aromatic nitrogens is 1. The van der Waals surface area contributed by atoms with Crippen molar-refractivity contribution in [2.75, 3.05) is 25.5 Å². The number of pyridine rings is 1. The lowest BCUT2D eigenvalue weighted by atomic mass is 9.96. The minimum Gasteiger partial charge on any atom is -0.363 e. The molecule has 2 heterocycles. The summed E-state index contributed by atoms with van der Waals surface area (Å²) in [5.41, 5.74) is 6.66. The number of carbonyl (C=O) groups excluding carboxylic acids is 1. The van der Waals surface area contributed by atoms with Crippen LogP contribution >= 0.6 is 0 Å². The van der Waals surface area contributed by atoms with Gasteiger partial charge in [0.25, 0.3) is 5.91 Å². The van der Waals surface area contributed by atoms with Gasteiger partial charge < -0.3 is 15.5 Å². The summed E-state index contributed by atoms with van der Waals surface area (Å²) >= 11 is 0. The molecule has 5 nitrogen and oxygen atoms in total. The van der Waals surface area contributed by atoms with Crippen LogP contribution in [-0.4, -0.2) is 48.5 Å². The number of anilines is 1. The third-order valence-corrected chi connectivity index (χ3v) is 3.87. The van der Waals surface area contributed by atoms with Crippen molar-refractivity contribution >= 4 is 11.7 Å². The van der Waals surface area contributed by atoms with Crippen LogP contribution in [0.15, 0.2) is 18.3 Å². The number of rotatable bonds is 3. The third-order valence-electron chi connectivity index (χ3n) is 3.87. The highest BCUT2D eigenvalue weighted by atomic mass is 16.2. The summed E-state index contributed by atoms with van der Waals surface area (Å²) in [5.74, 6) is 0.897. The first-order valence-corrected chi connectivity index (χ1v) is 7.20. The smallest absolute Gasteiger partial charge is 0.255 e. The molecule has 0 aromatic carbocycles. The Hall–Kier alpha value is -1.62. The normalized spacial score (nSPS) is 20.6. The second-order valence-electron chi connectivity index (χ2n) is 5.72. The van der Waals surface area contributed by atoms with E-state index < -0.39 is 0 Å². The average molecular weight is 276 g/mol. The number of piperidine rings is 1. The minimum absolute atomic E-state index is 0.00765. The van der Waals surface area contributed by atoms with E-state index in [4.69, 9.17) is 5.73 Å². The van der Waals surface area contributed by atoms with E-state index in [-0.39, 0.29) is 18.0 Å². The van der Waals surface area contributed by atoms with Gasteiger partial charge >= 0.3 is 0 Å². The zero-order chi connectivity index (χ0) is 14.7. The lowest BCUT2D eigenvalue weighted by Crippen LogP contribution is -2.51. The monoisotopic (exact) mass is 276 g/mol. The van der Waals surface area contributed by atoms with Gasteiger partial charge in [-0.1, -0.05) is 0 Å². The Morgan fingerprint density at radius 1 is 1.45 bits per heavy atom. The average Bonchev–Trinajstić information content (AvgIpc) is 2.46. The van der Waals surface area contributed by atoms with E-state index in [1.165, 1.54) is 0 Å². The highest BCUT2D eigenvalue weighted by Crippen LogP contribution is 2.21. The molecule has 1 aromatic rings. The van der Waals surface area contributed by atoms with Crippen LogP contribution in [0, 0.1) is 0 Å². The van der Waals surface area contributed by atoms with E-state index in [0.29, 0.717) is 5.56 Å². The Morgan fingerprint density at radius 2 is 2.20 bits per heavy atom. The number of amides is 1. The molecule has 2 N–H and O–H groups in total. The van der Waals surface area contributed by atoms with Gasteiger partial charge in [-0.3, -0.25) is 4.79 Å². The molecule has 1 aliphatic heterocycles. The van der Waals surface area contributed by atoms with E-state index in [2.05, 4.69) is 4.98 Å². The van der Waals surface area contributed by atoms with Crippen molar-refractivity contribution in [1.82, 2.24) is 9.88 Å². The van der Waals surface area contributed by atoms with Crippen molar-refractivity contribution in [2.45, 2.75) is 38.3 Å². The number of nitrogens with zero attached hydrogens (tertiary/aromatic N) is 3.